The fraction of sp³-hybridized carbons (Fsp3) is 0.120. The molecule has 0 radical (unpaired) electrons. The number of benzene rings is 3. The van der Waals surface area contributed by atoms with Crippen molar-refractivity contribution in [3.63, 3.8) is 0 Å². The molecule has 1 aromatic heterocycles. The lowest BCUT2D eigenvalue weighted by molar-refractivity contribution is -0.139. The van der Waals surface area contributed by atoms with Gasteiger partial charge in [-0.05, 0) is 30.3 Å². The predicted octanol–water partition coefficient (Wildman–Crippen LogP) is 4.18. The van der Waals surface area contributed by atoms with Crippen LogP contribution >= 0.6 is 11.8 Å². The van der Waals surface area contributed by atoms with Gasteiger partial charge >= 0.3 is 5.97 Å². The Hall–Kier alpha value is -4.11. The summed E-state index contributed by atoms with van der Waals surface area (Å²) in [5, 5.41) is 9.19. The highest BCUT2D eigenvalue weighted by Crippen LogP contribution is 2.37. The second-order valence-electron chi connectivity index (χ2n) is 7.28. The molecule has 5 rings (SSSR count). The molecule has 8 nitrogen and oxygen atoms in total. The quantitative estimate of drug-likeness (QED) is 0.214. The van der Waals surface area contributed by atoms with Gasteiger partial charge in [0.05, 0.1) is 5.75 Å². The molecule has 170 valence electrons. The molecule has 1 aliphatic heterocycles. The summed E-state index contributed by atoms with van der Waals surface area (Å²) in [6.07, 6.45) is 0. The molecule has 0 aliphatic carbocycles. The standard InChI is InChI=1S/C25H19N3O5S/c29-20(17-7-3-1-4-8-17)14-31-23(30)15-34-25-27-26-24(28(25)19-9-5-2-6-10-19)18-11-12-21-22(13-18)33-16-32-21/h1-13H,14-16H2. The van der Waals surface area contributed by atoms with Gasteiger partial charge in [-0.15, -0.1) is 10.2 Å². The molecule has 2 heterocycles. The summed E-state index contributed by atoms with van der Waals surface area (Å²) in [7, 11) is 0. The van der Waals surface area contributed by atoms with Gasteiger partial charge < -0.3 is 14.2 Å². The number of Topliss-reactive ketones (excluding diaryl/α,β-unsaturated/α-hetero) is 1. The fourth-order valence-electron chi connectivity index (χ4n) is 3.41. The molecular formula is C25H19N3O5S. The molecule has 0 fully saturated rings. The third kappa shape index (κ3) is 4.65. The Kier molecular flexibility index (Phi) is 6.26. The second kappa shape index (κ2) is 9.80. The van der Waals surface area contributed by atoms with Crippen LogP contribution in [0.1, 0.15) is 10.4 Å². The first-order valence-electron chi connectivity index (χ1n) is 10.5. The number of ketones is 1. The van der Waals surface area contributed by atoms with Crippen molar-refractivity contribution in [1.29, 1.82) is 0 Å². The van der Waals surface area contributed by atoms with Gasteiger partial charge in [0, 0.05) is 16.8 Å². The maximum Gasteiger partial charge on any atom is 0.316 e. The van der Waals surface area contributed by atoms with Crippen molar-refractivity contribution in [3.05, 3.63) is 84.4 Å². The summed E-state index contributed by atoms with van der Waals surface area (Å²) in [5.41, 5.74) is 2.14. The van der Waals surface area contributed by atoms with Crippen molar-refractivity contribution in [3.8, 4) is 28.6 Å². The normalized spacial score (nSPS) is 11.9. The highest BCUT2D eigenvalue weighted by atomic mass is 32.2. The van der Waals surface area contributed by atoms with Crippen molar-refractivity contribution in [1.82, 2.24) is 14.8 Å². The maximum absolute atomic E-state index is 12.3. The van der Waals surface area contributed by atoms with Gasteiger partial charge in [0.25, 0.3) is 0 Å². The molecule has 3 aromatic carbocycles. The van der Waals surface area contributed by atoms with Crippen LogP contribution in [0.4, 0.5) is 0 Å². The third-order valence-corrected chi connectivity index (χ3v) is 5.96. The lowest BCUT2D eigenvalue weighted by Gasteiger charge is -2.10. The number of nitrogens with zero attached hydrogens (tertiary/aromatic N) is 3. The maximum atomic E-state index is 12.3. The first kappa shape index (κ1) is 21.7. The van der Waals surface area contributed by atoms with E-state index in [9.17, 15) is 9.59 Å². The van der Waals surface area contributed by atoms with E-state index in [4.69, 9.17) is 14.2 Å². The van der Waals surface area contributed by atoms with Crippen molar-refractivity contribution in [2.75, 3.05) is 19.2 Å². The van der Waals surface area contributed by atoms with Crippen LogP contribution in [-0.2, 0) is 9.53 Å². The predicted molar refractivity (Wildman–Crippen MR) is 125 cm³/mol. The minimum absolute atomic E-state index is 0.0197. The molecular weight excluding hydrogens is 454 g/mol. The molecule has 0 atom stereocenters. The highest BCUT2D eigenvalue weighted by molar-refractivity contribution is 7.99. The van der Waals surface area contributed by atoms with E-state index in [2.05, 4.69) is 10.2 Å². The smallest absolute Gasteiger partial charge is 0.316 e. The van der Waals surface area contributed by atoms with Gasteiger partial charge in [-0.25, -0.2) is 0 Å². The summed E-state index contributed by atoms with van der Waals surface area (Å²) in [4.78, 5) is 24.5. The van der Waals surface area contributed by atoms with Gasteiger partial charge in [0.2, 0.25) is 6.79 Å². The minimum Gasteiger partial charge on any atom is -0.457 e. The number of aromatic nitrogens is 3. The summed E-state index contributed by atoms with van der Waals surface area (Å²) >= 11 is 1.19. The van der Waals surface area contributed by atoms with Gasteiger partial charge in [-0.3, -0.25) is 14.2 Å². The Morgan fingerprint density at radius 1 is 0.912 bits per heavy atom. The Balaban J connectivity index is 1.33. The topological polar surface area (TPSA) is 92.5 Å². The molecule has 0 saturated carbocycles. The van der Waals surface area contributed by atoms with E-state index in [1.807, 2.05) is 59.2 Å². The van der Waals surface area contributed by atoms with Crippen molar-refractivity contribution in [2.45, 2.75) is 5.16 Å². The zero-order chi connectivity index (χ0) is 23.3. The summed E-state index contributed by atoms with van der Waals surface area (Å²) < 4.78 is 17.9. The molecule has 0 N–H and O–H groups in total. The van der Waals surface area contributed by atoms with Crippen LogP contribution in [0, 0.1) is 0 Å². The van der Waals surface area contributed by atoms with E-state index in [1.165, 1.54) is 11.8 Å². The lowest BCUT2D eigenvalue weighted by Crippen LogP contribution is -2.15. The van der Waals surface area contributed by atoms with E-state index < -0.39 is 5.97 Å². The number of esters is 1. The molecule has 0 amide bonds. The van der Waals surface area contributed by atoms with Crippen molar-refractivity contribution < 1.29 is 23.8 Å². The summed E-state index contributed by atoms with van der Waals surface area (Å²) in [6.45, 7) is -0.128. The van der Waals surface area contributed by atoms with Gasteiger partial charge in [0.15, 0.2) is 34.9 Å². The number of para-hydroxylation sites is 1. The van der Waals surface area contributed by atoms with Crippen LogP contribution in [0.2, 0.25) is 0 Å². The van der Waals surface area contributed by atoms with Crippen LogP contribution in [-0.4, -0.2) is 45.7 Å². The average Bonchev–Trinajstić information content (AvgIpc) is 3.53. The Labute approximate surface area is 199 Å². The molecule has 0 saturated heterocycles. The summed E-state index contributed by atoms with van der Waals surface area (Å²) in [6, 6.07) is 23.9. The number of hydrogen-bond donors (Lipinski definition) is 0. The van der Waals surface area contributed by atoms with Gasteiger partial charge in [0.1, 0.15) is 0 Å². The highest BCUT2D eigenvalue weighted by Gasteiger charge is 2.21. The molecule has 0 spiro atoms. The number of hydrogen-bond acceptors (Lipinski definition) is 8. The first-order chi connectivity index (χ1) is 16.7. The van der Waals surface area contributed by atoms with Crippen LogP contribution in [0.3, 0.4) is 0 Å². The molecule has 0 unspecified atom stereocenters. The van der Waals surface area contributed by atoms with E-state index in [-0.39, 0.29) is 24.9 Å². The Bertz CT molecular complexity index is 1330. The van der Waals surface area contributed by atoms with E-state index >= 15 is 0 Å². The van der Waals surface area contributed by atoms with Crippen LogP contribution in [0.5, 0.6) is 11.5 Å². The minimum atomic E-state index is -0.512. The average molecular weight is 474 g/mol. The summed E-state index contributed by atoms with van der Waals surface area (Å²) in [5.74, 6) is 1.13. The van der Waals surface area contributed by atoms with Crippen LogP contribution in [0.15, 0.2) is 84.0 Å². The number of rotatable bonds is 8. The van der Waals surface area contributed by atoms with Crippen LogP contribution in [0.25, 0.3) is 17.1 Å². The zero-order valence-corrected chi connectivity index (χ0v) is 18.7. The van der Waals surface area contributed by atoms with E-state index in [0.29, 0.717) is 28.0 Å². The number of carbonyl (C=O) groups excluding carboxylic acids is 2. The Morgan fingerprint density at radius 2 is 1.65 bits per heavy atom. The monoisotopic (exact) mass is 473 g/mol. The zero-order valence-electron chi connectivity index (χ0n) is 17.9. The van der Waals surface area contributed by atoms with Crippen LogP contribution < -0.4 is 9.47 Å². The van der Waals surface area contributed by atoms with Crippen molar-refractivity contribution in [2.24, 2.45) is 0 Å². The molecule has 9 heteroatoms. The number of thioether (sulfide) groups is 1. The number of ether oxygens (including phenoxy) is 3. The number of fused-ring (bicyclic) bond motifs is 1. The molecule has 34 heavy (non-hydrogen) atoms. The first-order valence-corrected chi connectivity index (χ1v) is 11.4. The van der Waals surface area contributed by atoms with Gasteiger partial charge in [-0.1, -0.05) is 60.3 Å². The molecule has 1 aliphatic rings. The number of carbonyl (C=O) groups is 2. The SMILES string of the molecule is O=C(CSc1nnc(-c2ccc3c(c2)OCO3)n1-c1ccccc1)OCC(=O)c1ccccc1. The molecule has 4 aromatic rings. The molecule has 0 bridgehead atoms. The van der Waals surface area contributed by atoms with Gasteiger partial charge in [-0.2, -0.15) is 0 Å². The van der Waals surface area contributed by atoms with Crippen molar-refractivity contribution >= 4 is 23.5 Å². The van der Waals surface area contributed by atoms with E-state index in [1.54, 1.807) is 24.3 Å². The van der Waals surface area contributed by atoms with E-state index in [0.717, 1.165) is 11.3 Å². The Morgan fingerprint density at radius 3 is 2.44 bits per heavy atom. The second-order valence-corrected chi connectivity index (χ2v) is 8.23. The lowest BCUT2D eigenvalue weighted by atomic mass is 10.1. The fourth-order valence-corrected chi connectivity index (χ4v) is 4.16. The third-order valence-electron chi connectivity index (χ3n) is 5.06. The largest absolute Gasteiger partial charge is 0.457 e.